The molecule has 140 valence electrons. The molecule has 0 aliphatic carbocycles. The minimum Gasteiger partial charge on any atom is -0.351 e. The van der Waals surface area contributed by atoms with Crippen LogP contribution in [0.25, 0.3) is 10.9 Å². The Kier molecular flexibility index (Phi) is 6.36. The number of aromatic amines is 1. The van der Waals surface area contributed by atoms with Gasteiger partial charge in [-0.3, -0.25) is 14.2 Å². The Bertz CT molecular complexity index is 1090. The van der Waals surface area contributed by atoms with Gasteiger partial charge in [-0.1, -0.05) is 11.6 Å². The van der Waals surface area contributed by atoms with Crippen LogP contribution in [0.2, 0.25) is 5.02 Å². The molecule has 0 saturated carbocycles. The van der Waals surface area contributed by atoms with Gasteiger partial charge in [0.2, 0.25) is 0 Å². The second-order valence-corrected chi connectivity index (χ2v) is 7.79. The quantitative estimate of drug-likeness (QED) is 0.356. The number of halogens is 1. The first-order chi connectivity index (χ1) is 13.0. The summed E-state index contributed by atoms with van der Waals surface area (Å²) in [6, 6.07) is 12.6. The van der Waals surface area contributed by atoms with Crippen molar-refractivity contribution in [2.75, 3.05) is 12.3 Å². The van der Waals surface area contributed by atoms with E-state index in [-0.39, 0.29) is 11.5 Å². The highest BCUT2D eigenvalue weighted by molar-refractivity contribution is 7.99. The first-order valence-corrected chi connectivity index (χ1v) is 10.2. The molecule has 0 fully saturated rings. The van der Waals surface area contributed by atoms with Crippen LogP contribution in [0.4, 0.5) is 0 Å². The van der Waals surface area contributed by atoms with E-state index >= 15 is 0 Å². The summed E-state index contributed by atoms with van der Waals surface area (Å²) in [5, 5.41) is 4.10. The molecule has 2 aromatic carbocycles. The fourth-order valence-electron chi connectivity index (χ4n) is 2.65. The Balaban J connectivity index is 1.66. The Morgan fingerprint density at radius 2 is 2.00 bits per heavy atom. The average Bonchev–Trinajstić information content (AvgIpc) is 2.66. The fraction of sp³-hybridized carbons (Fsp3) is 0.211. The molecule has 5 nitrogen and oxygen atoms in total. The van der Waals surface area contributed by atoms with E-state index in [0.29, 0.717) is 39.3 Å². The maximum Gasteiger partial charge on any atom is 0.262 e. The van der Waals surface area contributed by atoms with E-state index in [4.69, 9.17) is 23.8 Å². The van der Waals surface area contributed by atoms with Crippen LogP contribution < -0.4 is 10.9 Å². The molecule has 1 amide bonds. The summed E-state index contributed by atoms with van der Waals surface area (Å²) in [6.07, 6.45) is 0. The zero-order valence-corrected chi connectivity index (χ0v) is 17.0. The van der Waals surface area contributed by atoms with Crippen molar-refractivity contribution in [1.29, 1.82) is 0 Å². The van der Waals surface area contributed by atoms with Gasteiger partial charge in [0, 0.05) is 34.3 Å². The van der Waals surface area contributed by atoms with Crippen molar-refractivity contribution < 1.29 is 4.79 Å². The van der Waals surface area contributed by atoms with E-state index in [1.165, 1.54) is 4.57 Å². The number of nitrogens with one attached hydrogen (secondary N) is 2. The number of carbonyl (C=O) groups excluding carboxylic acids is 1. The Hall–Kier alpha value is -2.09. The average molecular weight is 420 g/mol. The summed E-state index contributed by atoms with van der Waals surface area (Å²) >= 11 is 12.7. The molecule has 27 heavy (non-hydrogen) atoms. The molecule has 8 heteroatoms. The Morgan fingerprint density at radius 1 is 1.26 bits per heavy atom. The molecule has 2 N–H and O–H groups in total. The molecule has 0 radical (unpaired) electrons. The third kappa shape index (κ3) is 4.61. The highest BCUT2D eigenvalue weighted by Crippen LogP contribution is 2.19. The molecule has 0 atom stereocenters. The van der Waals surface area contributed by atoms with Gasteiger partial charge in [0.15, 0.2) is 4.77 Å². The molecule has 3 aromatic rings. The van der Waals surface area contributed by atoms with Gasteiger partial charge in [0.25, 0.3) is 11.5 Å². The number of thioether (sulfide) groups is 1. The van der Waals surface area contributed by atoms with E-state index in [9.17, 15) is 9.59 Å². The number of benzene rings is 2. The zero-order chi connectivity index (χ0) is 19.4. The van der Waals surface area contributed by atoms with Crippen LogP contribution in [-0.4, -0.2) is 27.8 Å². The molecule has 0 saturated heterocycles. The third-order valence-corrected chi connectivity index (χ3v) is 5.62. The lowest BCUT2D eigenvalue weighted by atomic mass is 10.1. The highest BCUT2D eigenvalue weighted by Gasteiger charge is 2.09. The van der Waals surface area contributed by atoms with Crippen molar-refractivity contribution in [2.24, 2.45) is 0 Å². The van der Waals surface area contributed by atoms with E-state index in [0.717, 1.165) is 10.6 Å². The predicted molar refractivity (Wildman–Crippen MR) is 114 cm³/mol. The van der Waals surface area contributed by atoms with Crippen molar-refractivity contribution in [3.63, 3.8) is 0 Å². The molecular weight excluding hydrogens is 402 g/mol. The van der Waals surface area contributed by atoms with Gasteiger partial charge in [-0.15, -0.1) is 11.8 Å². The molecule has 0 unspecified atom stereocenters. The van der Waals surface area contributed by atoms with E-state index in [2.05, 4.69) is 10.3 Å². The summed E-state index contributed by atoms with van der Waals surface area (Å²) in [7, 11) is 0. The van der Waals surface area contributed by atoms with Gasteiger partial charge in [0.1, 0.15) is 0 Å². The van der Waals surface area contributed by atoms with Crippen LogP contribution in [0, 0.1) is 4.77 Å². The van der Waals surface area contributed by atoms with E-state index in [1.807, 2.05) is 31.2 Å². The summed E-state index contributed by atoms with van der Waals surface area (Å²) in [4.78, 5) is 28.9. The SMILES string of the molecule is CCn1c(=S)[nH]c2cc(C(=O)NCCSc3ccc(Cl)cc3)ccc2c1=O. The van der Waals surface area contributed by atoms with E-state index < -0.39 is 0 Å². The zero-order valence-electron chi connectivity index (χ0n) is 14.6. The summed E-state index contributed by atoms with van der Waals surface area (Å²) in [6.45, 7) is 2.88. The van der Waals surface area contributed by atoms with Crippen molar-refractivity contribution >= 4 is 52.4 Å². The minimum absolute atomic E-state index is 0.150. The highest BCUT2D eigenvalue weighted by atomic mass is 35.5. The fourth-order valence-corrected chi connectivity index (χ4v) is 3.87. The van der Waals surface area contributed by atoms with Crippen molar-refractivity contribution in [3.05, 3.63) is 68.2 Å². The molecular formula is C19H18ClN3O2S2. The number of amides is 1. The van der Waals surface area contributed by atoms with Crippen LogP contribution >= 0.6 is 35.6 Å². The van der Waals surface area contributed by atoms with Gasteiger partial charge in [-0.2, -0.15) is 0 Å². The van der Waals surface area contributed by atoms with Crippen molar-refractivity contribution in [3.8, 4) is 0 Å². The molecule has 1 heterocycles. The van der Waals surface area contributed by atoms with Crippen LogP contribution in [-0.2, 0) is 6.54 Å². The summed E-state index contributed by atoms with van der Waals surface area (Å²) in [5.74, 6) is 0.553. The topological polar surface area (TPSA) is 66.9 Å². The second-order valence-electron chi connectivity index (χ2n) is 5.80. The number of hydrogen-bond donors (Lipinski definition) is 2. The minimum atomic E-state index is -0.187. The number of H-pyrrole nitrogens is 1. The van der Waals surface area contributed by atoms with Gasteiger partial charge in [0.05, 0.1) is 10.9 Å². The smallest absolute Gasteiger partial charge is 0.262 e. The summed E-state index contributed by atoms with van der Waals surface area (Å²) in [5.41, 5.74) is 0.902. The van der Waals surface area contributed by atoms with Gasteiger partial charge in [-0.25, -0.2) is 0 Å². The second kappa shape index (κ2) is 8.73. The molecule has 0 aliphatic rings. The number of rotatable bonds is 6. The lowest BCUT2D eigenvalue weighted by Crippen LogP contribution is -2.26. The van der Waals surface area contributed by atoms with Crippen molar-refractivity contribution in [1.82, 2.24) is 14.9 Å². The Morgan fingerprint density at radius 3 is 2.70 bits per heavy atom. The molecule has 3 rings (SSSR count). The van der Waals surface area contributed by atoms with Crippen LogP contribution in [0.3, 0.4) is 0 Å². The first kappa shape index (κ1) is 19.7. The number of hydrogen-bond acceptors (Lipinski definition) is 4. The molecule has 0 spiro atoms. The standard InChI is InChI=1S/C19H18ClN3O2S2/c1-2-23-18(25)15-8-3-12(11-16(15)22-19(23)26)17(24)21-9-10-27-14-6-4-13(20)5-7-14/h3-8,11H,2,9-10H2,1H3,(H,21,24)(H,22,26). The molecule has 0 bridgehead atoms. The van der Waals surface area contributed by atoms with Crippen molar-refractivity contribution in [2.45, 2.75) is 18.4 Å². The number of aromatic nitrogens is 2. The van der Waals surface area contributed by atoms with E-state index in [1.54, 1.807) is 30.0 Å². The predicted octanol–water partition coefficient (Wildman–Crippen LogP) is 4.25. The maximum atomic E-state index is 12.4. The summed E-state index contributed by atoms with van der Waals surface area (Å²) < 4.78 is 1.85. The van der Waals surface area contributed by atoms with Crippen LogP contribution in [0.15, 0.2) is 52.2 Å². The van der Waals surface area contributed by atoms with Gasteiger partial charge >= 0.3 is 0 Å². The normalized spacial score (nSPS) is 10.9. The number of carbonyl (C=O) groups is 1. The number of fused-ring (bicyclic) bond motifs is 1. The van der Waals surface area contributed by atoms with Gasteiger partial charge < -0.3 is 10.3 Å². The lowest BCUT2D eigenvalue weighted by molar-refractivity contribution is 0.0956. The first-order valence-electron chi connectivity index (χ1n) is 8.43. The monoisotopic (exact) mass is 419 g/mol. The maximum absolute atomic E-state index is 12.4. The van der Waals surface area contributed by atoms with Crippen LogP contribution in [0.5, 0.6) is 0 Å². The third-order valence-electron chi connectivity index (χ3n) is 4.03. The molecule has 1 aromatic heterocycles. The van der Waals surface area contributed by atoms with Gasteiger partial charge in [-0.05, 0) is 61.6 Å². The largest absolute Gasteiger partial charge is 0.351 e. The lowest BCUT2D eigenvalue weighted by Gasteiger charge is -2.08. The van der Waals surface area contributed by atoms with Crippen LogP contribution in [0.1, 0.15) is 17.3 Å². The Labute approximate surface area is 170 Å². The number of nitrogens with zero attached hydrogens (tertiary/aromatic N) is 1. The molecule has 0 aliphatic heterocycles.